The second-order valence-corrected chi connectivity index (χ2v) is 7.64. The van der Waals surface area contributed by atoms with Gasteiger partial charge in [-0.05, 0) is 31.2 Å². The molecule has 0 radical (unpaired) electrons. The Morgan fingerprint density at radius 3 is 2.56 bits per heavy atom. The fourth-order valence-electron chi connectivity index (χ4n) is 2.87. The van der Waals surface area contributed by atoms with Gasteiger partial charge in [-0.25, -0.2) is 4.98 Å². The lowest BCUT2D eigenvalue weighted by atomic mass is 10.2. The van der Waals surface area contributed by atoms with Crippen molar-refractivity contribution in [2.24, 2.45) is 0 Å². The van der Waals surface area contributed by atoms with Crippen molar-refractivity contribution in [2.75, 3.05) is 11.9 Å². The minimum Gasteiger partial charge on any atom is -0.363 e. The van der Waals surface area contributed by atoms with Crippen LogP contribution >= 0.6 is 22.9 Å². The molecule has 1 atom stereocenters. The Morgan fingerprint density at radius 2 is 1.81 bits per heavy atom. The van der Waals surface area contributed by atoms with E-state index in [0.29, 0.717) is 11.4 Å². The van der Waals surface area contributed by atoms with E-state index in [-0.39, 0.29) is 16.6 Å². The highest BCUT2D eigenvalue weighted by Gasteiger charge is 2.21. The van der Waals surface area contributed by atoms with Crippen molar-refractivity contribution in [3.8, 4) is 5.69 Å². The van der Waals surface area contributed by atoms with Crippen LogP contribution in [-0.4, -0.2) is 21.8 Å². The van der Waals surface area contributed by atoms with E-state index in [1.54, 1.807) is 17.5 Å². The first-order valence-electron chi connectivity index (χ1n) is 8.48. The van der Waals surface area contributed by atoms with Crippen LogP contribution in [0.5, 0.6) is 0 Å². The number of nitrogens with zero attached hydrogens (tertiary/aromatic N) is 4. The number of benzene rings is 2. The van der Waals surface area contributed by atoms with Crippen LogP contribution in [0.4, 0.5) is 5.69 Å². The fourth-order valence-corrected chi connectivity index (χ4v) is 4.19. The number of rotatable bonds is 4. The Bertz CT molecular complexity index is 1120. The van der Waals surface area contributed by atoms with Crippen LogP contribution in [0.25, 0.3) is 15.9 Å². The van der Waals surface area contributed by atoms with Gasteiger partial charge in [-0.1, -0.05) is 41.9 Å². The van der Waals surface area contributed by atoms with Crippen molar-refractivity contribution in [1.29, 1.82) is 0 Å². The highest BCUT2D eigenvalue weighted by atomic mass is 35.5. The molecule has 2 heterocycles. The van der Waals surface area contributed by atoms with Gasteiger partial charge in [-0.2, -0.15) is 9.78 Å². The van der Waals surface area contributed by atoms with E-state index in [4.69, 9.17) is 16.6 Å². The smallest absolute Gasteiger partial charge is 0.292 e. The molecule has 0 aliphatic rings. The number of anilines is 1. The Hall–Kier alpha value is -2.70. The number of thiazole rings is 1. The number of halogens is 1. The molecule has 27 heavy (non-hydrogen) atoms. The Balaban J connectivity index is 1.70. The van der Waals surface area contributed by atoms with Crippen molar-refractivity contribution >= 4 is 38.8 Å². The largest absolute Gasteiger partial charge is 0.363 e. The summed E-state index contributed by atoms with van der Waals surface area (Å²) in [5.74, 6) is 0. The lowest BCUT2D eigenvalue weighted by Crippen LogP contribution is -2.28. The van der Waals surface area contributed by atoms with Gasteiger partial charge in [0.2, 0.25) is 0 Å². The van der Waals surface area contributed by atoms with Crippen molar-refractivity contribution in [3.05, 3.63) is 81.2 Å². The minimum absolute atomic E-state index is 0.0475. The molecule has 5 nitrogen and oxygen atoms in total. The number of para-hydroxylation sites is 2. The minimum atomic E-state index is -0.344. The van der Waals surface area contributed by atoms with Crippen molar-refractivity contribution in [2.45, 2.75) is 13.0 Å². The number of aromatic nitrogens is 3. The summed E-state index contributed by atoms with van der Waals surface area (Å²) >= 11 is 8.06. The zero-order valence-corrected chi connectivity index (χ0v) is 16.4. The van der Waals surface area contributed by atoms with Gasteiger partial charge in [0.25, 0.3) is 5.56 Å². The molecule has 136 valence electrons. The molecule has 0 spiro atoms. The average molecular weight is 397 g/mol. The predicted octanol–water partition coefficient (Wildman–Crippen LogP) is 4.69. The summed E-state index contributed by atoms with van der Waals surface area (Å²) in [5, 5.41) is 5.41. The zero-order chi connectivity index (χ0) is 19.0. The van der Waals surface area contributed by atoms with Gasteiger partial charge >= 0.3 is 0 Å². The Morgan fingerprint density at radius 1 is 1.11 bits per heavy atom. The maximum Gasteiger partial charge on any atom is 0.292 e. The third-order valence-corrected chi connectivity index (χ3v) is 6.09. The fraction of sp³-hybridized carbons (Fsp3) is 0.150. The lowest BCUT2D eigenvalue weighted by Gasteiger charge is -2.26. The SMILES string of the molecule is C[C@H](c1nc2ccccc2s1)N(C)c1cnn(-c2ccccc2)c(=O)c1Cl. The molecule has 0 bridgehead atoms. The van der Waals surface area contributed by atoms with Gasteiger partial charge in [-0.15, -0.1) is 11.3 Å². The highest BCUT2D eigenvalue weighted by Crippen LogP contribution is 2.33. The molecule has 0 unspecified atom stereocenters. The Labute approximate surface area is 165 Å². The van der Waals surface area contributed by atoms with Crippen LogP contribution in [0.1, 0.15) is 18.0 Å². The standard InChI is InChI=1S/C20H17ClN4OS/c1-13(19-23-15-10-6-7-11-17(15)27-19)24(2)16-12-22-25(20(26)18(16)21)14-8-4-3-5-9-14/h3-13H,1-2H3/t13-/m1/s1. The number of fused-ring (bicyclic) bond motifs is 1. The average Bonchev–Trinajstić information content (AvgIpc) is 3.14. The first kappa shape index (κ1) is 17.7. The molecule has 0 aliphatic carbocycles. The van der Waals surface area contributed by atoms with E-state index in [1.165, 1.54) is 4.68 Å². The molecule has 4 aromatic rings. The van der Waals surface area contributed by atoms with Crippen LogP contribution in [0.2, 0.25) is 5.02 Å². The topological polar surface area (TPSA) is 51.0 Å². The Kier molecular flexibility index (Phi) is 4.68. The van der Waals surface area contributed by atoms with E-state index < -0.39 is 0 Å². The monoisotopic (exact) mass is 396 g/mol. The summed E-state index contributed by atoms with van der Waals surface area (Å²) in [5.41, 5.74) is 1.89. The summed E-state index contributed by atoms with van der Waals surface area (Å²) in [6, 6.07) is 17.2. The van der Waals surface area contributed by atoms with Crippen LogP contribution in [-0.2, 0) is 0 Å². The third kappa shape index (κ3) is 3.22. The molecule has 0 aliphatic heterocycles. The quantitative estimate of drug-likeness (QED) is 0.502. The second-order valence-electron chi connectivity index (χ2n) is 6.20. The molecule has 4 rings (SSSR count). The molecule has 0 amide bonds. The molecule has 2 aromatic carbocycles. The summed E-state index contributed by atoms with van der Waals surface area (Å²) < 4.78 is 2.44. The lowest BCUT2D eigenvalue weighted by molar-refractivity contribution is 0.721. The van der Waals surface area contributed by atoms with Crippen LogP contribution in [0.3, 0.4) is 0 Å². The van der Waals surface area contributed by atoms with Gasteiger partial charge < -0.3 is 4.90 Å². The molecule has 0 fully saturated rings. The summed E-state index contributed by atoms with van der Waals surface area (Å²) in [6.07, 6.45) is 1.63. The summed E-state index contributed by atoms with van der Waals surface area (Å²) in [4.78, 5) is 19.4. The third-order valence-electron chi connectivity index (χ3n) is 4.53. The van der Waals surface area contributed by atoms with E-state index in [2.05, 4.69) is 11.2 Å². The second kappa shape index (κ2) is 7.13. The van der Waals surface area contributed by atoms with Gasteiger partial charge in [0.15, 0.2) is 0 Å². The van der Waals surface area contributed by atoms with E-state index in [9.17, 15) is 4.79 Å². The van der Waals surface area contributed by atoms with Crippen LogP contribution in [0, 0.1) is 0 Å². The van der Waals surface area contributed by atoms with Gasteiger partial charge in [0, 0.05) is 7.05 Å². The predicted molar refractivity (Wildman–Crippen MR) is 111 cm³/mol. The first-order chi connectivity index (χ1) is 13.1. The molecule has 0 N–H and O–H groups in total. The number of hydrogen-bond acceptors (Lipinski definition) is 5. The van der Waals surface area contributed by atoms with Crippen LogP contribution < -0.4 is 10.5 Å². The summed E-state index contributed by atoms with van der Waals surface area (Å²) in [6.45, 7) is 2.04. The normalized spacial score (nSPS) is 12.3. The number of hydrogen-bond donors (Lipinski definition) is 0. The molecular formula is C20H17ClN4OS. The van der Waals surface area contributed by atoms with Gasteiger partial charge in [-0.3, -0.25) is 4.79 Å². The zero-order valence-electron chi connectivity index (χ0n) is 14.8. The van der Waals surface area contributed by atoms with E-state index >= 15 is 0 Å². The maximum atomic E-state index is 12.7. The highest BCUT2D eigenvalue weighted by molar-refractivity contribution is 7.18. The van der Waals surface area contributed by atoms with E-state index in [0.717, 1.165) is 15.2 Å². The molecule has 2 aromatic heterocycles. The molecular weight excluding hydrogens is 380 g/mol. The van der Waals surface area contributed by atoms with Crippen molar-refractivity contribution < 1.29 is 0 Å². The van der Waals surface area contributed by atoms with Crippen molar-refractivity contribution in [3.63, 3.8) is 0 Å². The summed E-state index contributed by atoms with van der Waals surface area (Å²) in [7, 11) is 1.89. The molecule has 0 saturated carbocycles. The van der Waals surface area contributed by atoms with Gasteiger partial charge in [0.05, 0.1) is 33.8 Å². The van der Waals surface area contributed by atoms with Crippen molar-refractivity contribution in [1.82, 2.24) is 14.8 Å². The van der Waals surface area contributed by atoms with Gasteiger partial charge in [0.1, 0.15) is 10.0 Å². The molecule has 0 saturated heterocycles. The van der Waals surface area contributed by atoms with E-state index in [1.807, 2.05) is 67.4 Å². The molecule has 7 heteroatoms. The first-order valence-corrected chi connectivity index (χ1v) is 9.67. The maximum absolute atomic E-state index is 12.7. The van der Waals surface area contributed by atoms with Crippen LogP contribution in [0.15, 0.2) is 65.6 Å².